The molecule has 2 fully saturated rings. The van der Waals surface area contributed by atoms with Gasteiger partial charge < -0.3 is 28.6 Å². The van der Waals surface area contributed by atoms with Gasteiger partial charge in [0.25, 0.3) is 0 Å². The van der Waals surface area contributed by atoms with Crippen LogP contribution in [0.3, 0.4) is 0 Å². The zero-order valence-corrected chi connectivity index (χ0v) is 34.3. The van der Waals surface area contributed by atoms with Gasteiger partial charge in [-0.3, -0.25) is 14.1 Å². The van der Waals surface area contributed by atoms with Crippen molar-refractivity contribution in [3.05, 3.63) is 101 Å². The number of ether oxygens (including phenoxy) is 5. The van der Waals surface area contributed by atoms with Crippen LogP contribution in [-0.4, -0.2) is 107 Å². The van der Waals surface area contributed by atoms with Crippen LogP contribution in [0.2, 0.25) is 0 Å². The third kappa shape index (κ3) is 14.1. The van der Waals surface area contributed by atoms with Crippen molar-refractivity contribution in [2.24, 2.45) is 5.92 Å². The number of benzene rings is 2. The quantitative estimate of drug-likeness (QED) is 0.0761. The fraction of sp³-hybridized carbons (Fsp3) is 0.436. The summed E-state index contributed by atoms with van der Waals surface area (Å²) in [6.07, 6.45) is 6.96. The second-order valence-corrected chi connectivity index (χ2v) is 16.5. The molecule has 0 saturated carbocycles. The van der Waals surface area contributed by atoms with Gasteiger partial charge in [-0.1, -0.05) is 24.3 Å². The van der Waals surface area contributed by atoms with Crippen LogP contribution in [0.5, 0.6) is 0 Å². The molecule has 0 aliphatic carbocycles. The van der Waals surface area contributed by atoms with Gasteiger partial charge in [0.2, 0.25) is 12.7 Å². The molecular formula is C39H42F3N5O12S2. The lowest BCUT2D eigenvalue weighted by Crippen LogP contribution is -2.47. The lowest BCUT2D eigenvalue weighted by Gasteiger charge is -2.40. The van der Waals surface area contributed by atoms with E-state index in [-0.39, 0.29) is 80.8 Å². The van der Waals surface area contributed by atoms with Gasteiger partial charge in [-0.15, -0.1) is 11.8 Å². The van der Waals surface area contributed by atoms with E-state index in [1.54, 1.807) is 25.2 Å². The first-order valence-electron chi connectivity index (χ1n) is 18.8. The Labute approximate surface area is 353 Å². The van der Waals surface area contributed by atoms with Crippen molar-refractivity contribution in [1.82, 2.24) is 19.7 Å². The van der Waals surface area contributed by atoms with Crippen molar-refractivity contribution in [3.63, 3.8) is 0 Å². The Hall–Kier alpha value is -5.31. The van der Waals surface area contributed by atoms with Gasteiger partial charge in [0.05, 0.1) is 49.7 Å². The molecule has 2 unspecified atom stereocenters. The van der Waals surface area contributed by atoms with Crippen LogP contribution in [0.4, 0.5) is 18.0 Å². The number of hydrogen-bond acceptors (Lipinski definition) is 15. The minimum Gasteiger partial charge on any atom is -0.428 e. The van der Waals surface area contributed by atoms with Crippen LogP contribution in [-0.2, 0) is 60.0 Å². The zero-order valence-electron chi connectivity index (χ0n) is 32.6. The van der Waals surface area contributed by atoms with Crippen LogP contribution in [0.1, 0.15) is 49.3 Å². The summed E-state index contributed by atoms with van der Waals surface area (Å²) < 4.78 is 108. The SMILES string of the molecule is CC(SC1COC(C=CC=Cc2ccc(C#N)cc2F)OC1)C(Cn1cncn1)(OC(=O)OCOC(=O)CCC(=O)N1CCC(COS(=O)(=O)O)CC1)c1ccc(F)cc1F. The number of carbonyl (C=O) groups is 3. The maximum atomic E-state index is 15.7. The number of carbonyl (C=O) groups excluding carboxylic acids is 3. The van der Waals surface area contributed by atoms with E-state index >= 15 is 4.39 Å². The summed E-state index contributed by atoms with van der Waals surface area (Å²) >= 11 is 1.22. The molecule has 3 aromatic rings. The summed E-state index contributed by atoms with van der Waals surface area (Å²) in [5, 5.41) is 11.8. The van der Waals surface area contributed by atoms with Gasteiger partial charge >= 0.3 is 22.5 Å². The Bertz CT molecular complexity index is 2190. The molecule has 0 radical (unpaired) electrons. The fourth-order valence-electron chi connectivity index (χ4n) is 6.42. The zero-order chi connectivity index (χ0) is 44.0. The predicted octanol–water partition coefficient (Wildman–Crippen LogP) is 5.09. The van der Waals surface area contributed by atoms with E-state index < -0.39 is 69.2 Å². The minimum atomic E-state index is -4.57. The number of allylic oxidation sites excluding steroid dienone is 2. The summed E-state index contributed by atoms with van der Waals surface area (Å²) in [6.45, 7) is 1.02. The highest BCUT2D eigenvalue weighted by Gasteiger charge is 2.47. The van der Waals surface area contributed by atoms with E-state index in [0.717, 1.165) is 18.2 Å². The molecule has 0 bridgehead atoms. The average Bonchev–Trinajstić information content (AvgIpc) is 3.74. The van der Waals surface area contributed by atoms with Crippen LogP contribution >= 0.6 is 11.8 Å². The molecule has 3 heterocycles. The number of aromatic nitrogens is 3. The van der Waals surface area contributed by atoms with Crippen molar-refractivity contribution in [3.8, 4) is 6.07 Å². The maximum Gasteiger partial charge on any atom is 0.512 e. The predicted molar refractivity (Wildman–Crippen MR) is 208 cm³/mol. The summed E-state index contributed by atoms with van der Waals surface area (Å²) in [4.78, 5) is 43.9. The number of nitriles is 1. The smallest absolute Gasteiger partial charge is 0.428 e. The van der Waals surface area contributed by atoms with Crippen molar-refractivity contribution >= 4 is 46.3 Å². The Kier molecular flexibility index (Phi) is 16.8. The summed E-state index contributed by atoms with van der Waals surface area (Å²) in [5.41, 5.74) is -1.69. The lowest BCUT2D eigenvalue weighted by atomic mass is 9.89. The summed E-state index contributed by atoms with van der Waals surface area (Å²) in [7, 11) is -4.57. The molecule has 1 N–H and O–H groups in total. The van der Waals surface area contributed by atoms with Crippen LogP contribution < -0.4 is 0 Å². The van der Waals surface area contributed by atoms with E-state index in [9.17, 15) is 31.6 Å². The monoisotopic (exact) mass is 893 g/mol. The molecule has 2 aromatic carbocycles. The van der Waals surface area contributed by atoms with Gasteiger partial charge in [-0.2, -0.15) is 18.8 Å². The standard InChI is InChI=1S/C39H42F3N5O12S2/c1-26(60-31-20-54-37(55-21-31)5-3-2-4-29-7-6-28(18-43)16-33(29)41)39(22-47-24-44-23-45-47,32-9-8-30(40)17-34(32)42)59-38(50)57-25-56-36(49)11-10-35(48)46-14-12-27(13-15-46)19-58-61(51,52)53/h2-9,16-17,23-24,26-27,31,37H,10-15,19-22,25H2,1H3,(H,51,52,53). The molecule has 1 aromatic heterocycles. The first kappa shape index (κ1) is 46.8. The van der Waals surface area contributed by atoms with Crippen molar-refractivity contribution in [2.45, 2.75) is 61.5 Å². The van der Waals surface area contributed by atoms with E-state index in [0.29, 0.717) is 18.9 Å². The van der Waals surface area contributed by atoms with Crippen molar-refractivity contribution < 1.29 is 68.4 Å². The molecule has 2 atom stereocenters. The Morgan fingerprint density at radius 3 is 2.48 bits per heavy atom. The summed E-state index contributed by atoms with van der Waals surface area (Å²) in [6, 6.07) is 8.75. The van der Waals surface area contributed by atoms with Crippen LogP contribution in [0, 0.1) is 34.7 Å². The van der Waals surface area contributed by atoms with Gasteiger partial charge in [0.15, 0.2) is 11.9 Å². The molecule has 328 valence electrons. The van der Waals surface area contributed by atoms with Crippen LogP contribution in [0.15, 0.2) is 67.3 Å². The van der Waals surface area contributed by atoms with Crippen molar-refractivity contribution in [2.75, 3.05) is 39.7 Å². The third-order valence-electron chi connectivity index (χ3n) is 9.61. The normalized spacial score (nSPS) is 19.0. The second-order valence-electron chi connectivity index (χ2n) is 13.8. The lowest BCUT2D eigenvalue weighted by molar-refractivity contribution is -0.157. The van der Waals surface area contributed by atoms with E-state index in [1.807, 2.05) is 6.07 Å². The number of rotatable bonds is 18. The molecule has 1 amide bonds. The molecule has 5 rings (SSSR count). The van der Waals surface area contributed by atoms with E-state index in [2.05, 4.69) is 14.3 Å². The van der Waals surface area contributed by atoms with E-state index in [4.69, 9.17) is 33.5 Å². The molecule has 2 aliphatic rings. The highest BCUT2D eigenvalue weighted by molar-refractivity contribution is 8.00. The van der Waals surface area contributed by atoms with E-state index in [1.165, 1.54) is 52.2 Å². The van der Waals surface area contributed by atoms with Gasteiger partial charge in [0.1, 0.15) is 30.1 Å². The average molecular weight is 894 g/mol. The van der Waals surface area contributed by atoms with Gasteiger partial charge in [0, 0.05) is 42.0 Å². The second kappa shape index (κ2) is 22.0. The number of likely N-dealkylation sites (tertiary alicyclic amines) is 1. The molecule has 0 spiro atoms. The van der Waals surface area contributed by atoms with Crippen molar-refractivity contribution in [1.29, 1.82) is 5.26 Å². The Morgan fingerprint density at radius 1 is 1.07 bits per heavy atom. The largest absolute Gasteiger partial charge is 0.512 e. The molecular weight excluding hydrogens is 852 g/mol. The summed E-state index contributed by atoms with van der Waals surface area (Å²) in [5.74, 6) is -3.89. The molecule has 61 heavy (non-hydrogen) atoms. The minimum absolute atomic E-state index is 0.135. The Morgan fingerprint density at radius 2 is 1.82 bits per heavy atom. The number of nitrogens with zero attached hydrogens (tertiary/aromatic N) is 5. The Balaban J connectivity index is 1.17. The number of piperidine rings is 1. The molecule has 2 saturated heterocycles. The van der Waals surface area contributed by atoms with Crippen LogP contribution in [0.25, 0.3) is 6.08 Å². The number of esters is 1. The topological polar surface area (TPSA) is 219 Å². The fourth-order valence-corrected chi connectivity index (χ4v) is 8.14. The third-order valence-corrected chi connectivity index (χ3v) is 11.5. The molecule has 22 heteroatoms. The first-order valence-corrected chi connectivity index (χ1v) is 21.1. The molecule has 17 nitrogen and oxygen atoms in total. The highest BCUT2D eigenvalue weighted by Crippen LogP contribution is 2.42. The van der Waals surface area contributed by atoms with Gasteiger partial charge in [-0.25, -0.2) is 31.8 Å². The number of hydrogen-bond donors (Lipinski definition) is 1. The number of amides is 1. The van der Waals surface area contributed by atoms with Gasteiger partial charge in [-0.05, 0) is 56.0 Å². The highest BCUT2D eigenvalue weighted by atomic mass is 32.3. The maximum absolute atomic E-state index is 15.7. The molecule has 2 aliphatic heterocycles. The number of thioether (sulfide) groups is 1. The number of halogens is 3. The first-order chi connectivity index (χ1) is 29.1.